The van der Waals surface area contributed by atoms with E-state index in [1.54, 1.807) is 0 Å². The number of halogens is 4. The molecule has 0 atom stereocenters. The maximum absolute atomic E-state index is 12.7. The van der Waals surface area contributed by atoms with Gasteiger partial charge in [-0.15, -0.1) is 0 Å². The van der Waals surface area contributed by atoms with Gasteiger partial charge in [0.25, 0.3) is 0 Å². The lowest BCUT2D eigenvalue weighted by Gasteiger charge is -2.08. The van der Waals surface area contributed by atoms with E-state index in [1.807, 2.05) is 0 Å². The largest absolute Gasteiger partial charge is 0.462 e. The van der Waals surface area contributed by atoms with Crippen LogP contribution in [0.25, 0.3) is 0 Å². The fraction of sp³-hybridized carbons (Fsp3) is 0.333. The third-order valence-corrected chi connectivity index (χ3v) is 1.66. The molecule has 0 N–H and O–H groups in total. The second-order valence-corrected chi connectivity index (χ2v) is 2.78. The fourth-order valence-electron chi connectivity index (χ4n) is 0.973. The molecule has 0 bridgehead atoms. The average molecular weight is 237 g/mol. The summed E-state index contributed by atoms with van der Waals surface area (Å²) in [6.07, 6.45) is -4.19. The number of hydrogen-bond acceptors (Lipinski definition) is 3. The number of ether oxygens (including phenoxy) is 1. The van der Waals surface area contributed by atoms with Gasteiger partial charge in [-0.2, -0.15) is 17.6 Å². The number of aromatic nitrogens is 1. The molecule has 0 saturated heterocycles. The van der Waals surface area contributed by atoms with Crippen molar-refractivity contribution in [1.29, 1.82) is 0 Å². The topological polar surface area (TPSA) is 39.2 Å². The molecule has 7 heteroatoms. The van der Waals surface area contributed by atoms with E-state index in [0.29, 0.717) is 12.3 Å². The first-order valence-electron chi connectivity index (χ1n) is 4.26. The van der Waals surface area contributed by atoms with E-state index in [2.05, 4.69) is 9.72 Å². The Morgan fingerprint density at radius 3 is 2.62 bits per heavy atom. The summed E-state index contributed by atoms with van der Waals surface area (Å²) in [5.74, 6) is -2.64. The minimum Gasteiger partial charge on any atom is -0.462 e. The summed E-state index contributed by atoms with van der Waals surface area (Å²) in [4.78, 5) is 13.9. The normalized spacial score (nSPS) is 11.3. The van der Waals surface area contributed by atoms with Gasteiger partial charge in [0.1, 0.15) is 5.56 Å². The molecule has 0 aliphatic heterocycles. The monoisotopic (exact) mass is 237 g/mol. The Balaban J connectivity index is 3.13. The van der Waals surface area contributed by atoms with Gasteiger partial charge in [0.2, 0.25) is 5.95 Å². The molecule has 0 unspecified atom stereocenters. The Hall–Kier alpha value is -1.66. The highest BCUT2D eigenvalue weighted by atomic mass is 19.4. The van der Waals surface area contributed by atoms with Crippen LogP contribution in [0.4, 0.5) is 17.6 Å². The van der Waals surface area contributed by atoms with Crippen LogP contribution in [0.3, 0.4) is 0 Å². The number of pyridine rings is 1. The maximum atomic E-state index is 12.7. The van der Waals surface area contributed by atoms with Crippen molar-refractivity contribution in [1.82, 2.24) is 4.98 Å². The van der Waals surface area contributed by atoms with Crippen molar-refractivity contribution in [2.24, 2.45) is 0 Å². The van der Waals surface area contributed by atoms with Crippen LogP contribution >= 0.6 is 0 Å². The summed E-state index contributed by atoms with van der Waals surface area (Å²) < 4.78 is 53.9. The quantitative estimate of drug-likeness (QED) is 0.450. The summed E-state index contributed by atoms with van der Waals surface area (Å²) in [7, 11) is 0. The van der Waals surface area contributed by atoms with E-state index in [9.17, 15) is 22.4 Å². The molecular weight excluding hydrogens is 230 g/mol. The molecule has 0 amide bonds. The minimum absolute atomic E-state index is 0.0115. The highest BCUT2D eigenvalue weighted by Gasteiger charge is 2.35. The van der Waals surface area contributed by atoms with Crippen LogP contribution in [0, 0.1) is 5.95 Å². The molecule has 1 rings (SSSR count). The average Bonchev–Trinajstić information content (AvgIpc) is 2.16. The summed E-state index contributed by atoms with van der Waals surface area (Å²) in [5.41, 5.74) is -2.02. The van der Waals surface area contributed by atoms with E-state index in [-0.39, 0.29) is 6.61 Å². The van der Waals surface area contributed by atoms with Crippen molar-refractivity contribution in [2.45, 2.75) is 13.1 Å². The van der Waals surface area contributed by atoms with Crippen LogP contribution in [0.15, 0.2) is 12.3 Å². The number of carbonyl (C=O) groups excluding carboxylic acids is 1. The van der Waals surface area contributed by atoms with Gasteiger partial charge < -0.3 is 4.74 Å². The van der Waals surface area contributed by atoms with Crippen molar-refractivity contribution >= 4 is 5.97 Å². The molecule has 1 aromatic heterocycles. The lowest BCUT2D eigenvalue weighted by Crippen LogP contribution is -2.13. The molecule has 0 saturated carbocycles. The molecule has 0 spiro atoms. The maximum Gasteiger partial charge on any atom is 0.420 e. The van der Waals surface area contributed by atoms with Gasteiger partial charge in [0.15, 0.2) is 0 Å². The second kappa shape index (κ2) is 4.46. The number of esters is 1. The predicted molar refractivity (Wildman–Crippen MR) is 45.2 cm³/mol. The first-order chi connectivity index (χ1) is 7.36. The van der Waals surface area contributed by atoms with Gasteiger partial charge in [-0.3, -0.25) is 0 Å². The number of nitrogens with zero attached hydrogens (tertiary/aromatic N) is 1. The summed E-state index contributed by atoms with van der Waals surface area (Å²) in [6, 6.07) is 0.375. The van der Waals surface area contributed by atoms with Crippen molar-refractivity contribution in [3.63, 3.8) is 0 Å². The second-order valence-electron chi connectivity index (χ2n) is 2.78. The van der Waals surface area contributed by atoms with Crippen molar-refractivity contribution in [3.05, 3.63) is 29.3 Å². The van der Waals surface area contributed by atoms with Crippen molar-refractivity contribution in [2.75, 3.05) is 6.61 Å². The molecule has 16 heavy (non-hydrogen) atoms. The predicted octanol–water partition coefficient (Wildman–Crippen LogP) is 2.42. The molecule has 1 aromatic rings. The van der Waals surface area contributed by atoms with Crippen LogP contribution in [-0.4, -0.2) is 17.6 Å². The van der Waals surface area contributed by atoms with Crippen molar-refractivity contribution in [3.8, 4) is 0 Å². The first-order valence-corrected chi connectivity index (χ1v) is 4.26. The SMILES string of the molecule is CCOC(=O)c1cnc(F)c(C(F)(F)F)c1. The fourth-order valence-corrected chi connectivity index (χ4v) is 0.973. The number of hydrogen-bond donors (Lipinski definition) is 0. The molecule has 0 radical (unpaired) electrons. The number of rotatable bonds is 2. The van der Waals surface area contributed by atoms with E-state index in [4.69, 9.17) is 0 Å². The van der Waals surface area contributed by atoms with E-state index >= 15 is 0 Å². The van der Waals surface area contributed by atoms with Gasteiger partial charge in [0, 0.05) is 6.20 Å². The molecule has 0 aromatic carbocycles. The third kappa shape index (κ3) is 2.68. The van der Waals surface area contributed by atoms with E-state index < -0.39 is 29.2 Å². The molecule has 0 fully saturated rings. The van der Waals surface area contributed by atoms with Gasteiger partial charge in [0.05, 0.1) is 12.2 Å². The van der Waals surface area contributed by atoms with Crippen LogP contribution in [0.2, 0.25) is 0 Å². The Morgan fingerprint density at radius 1 is 1.50 bits per heavy atom. The third-order valence-electron chi connectivity index (χ3n) is 1.66. The van der Waals surface area contributed by atoms with Crippen LogP contribution in [0.5, 0.6) is 0 Å². The van der Waals surface area contributed by atoms with Crippen LogP contribution in [0.1, 0.15) is 22.8 Å². The highest BCUT2D eigenvalue weighted by molar-refractivity contribution is 5.89. The Morgan fingerprint density at radius 2 is 2.12 bits per heavy atom. The Bertz CT molecular complexity index is 403. The smallest absolute Gasteiger partial charge is 0.420 e. The molecule has 0 aliphatic rings. The van der Waals surface area contributed by atoms with Gasteiger partial charge in [-0.05, 0) is 13.0 Å². The lowest BCUT2D eigenvalue weighted by atomic mass is 10.2. The Labute approximate surface area is 88.0 Å². The Kier molecular flexibility index (Phi) is 3.46. The zero-order chi connectivity index (χ0) is 12.3. The van der Waals surface area contributed by atoms with Gasteiger partial charge >= 0.3 is 12.1 Å². The van der Waals surface area contributed by atoms with E-state index in [1.165, 1.54) is 6.92 Å². The van der Waals surface area contributed by atoms with Crippen LogP contribution < -0.4 is 0 Å². The van der Waals surface area contributed by atoms with E-state index in [0.717, 1.165) is 0 Å². The molecular formula is C9H7F4NO2. The molecule has 0 aliphatic carbocycles. The molecule has 88 valence electrons. The van der Waals surface area contributed by atoms with Crippen LogP contribution in [-0.2, 0) is 10.9 Å². The highest BCUT2D eigenvalue weighted by Crippen LogP contribution is 2.31. The first kappa shape index (κ1) is 12.4. The lowest BCUT2D eigenvalue weighted by molar-refractivity contribution is -0.140. The number of carbonyl (C=O) groups is 1. The molecule has 3 nitrogen and oxygen atoms in total. The summed E-state index contributed by atoms with van der Waals surface area (Å²) in [6.45, 7) is 1.51. The van der Waals surface area contributed by atoms with Gasteiger partial charge in [-0.1, -0.05) is 0 Å². The summed E-state index contributed by atoms with van der Waals surface area (Å²) >= 11 is 0. The number of alkyl halides is 3. The molecule has 1 heterocycles. The van der Waals surface area contributed by atoms with Crippen molar-refractivity contribution < 1.29 is 27.1 Å². The van der Waals surface area contributed by atoms with Gasteiger partial charge in [-0.25, -0.2) is 9.78 Å². The zero-order valence-corrected chi connectivity index (χ0v) is 8.14. The summed E-state index contributed by atoms with van der Waals surface area (Å²) in [5, 5.41) is 0. The zero-order valence-electron chi connectivity index (χ0n) is 8.14. The standard InChI is InChI=1S/C9H7F4NO2/c1-2-16-8(15)5-3-6(9(11,12)13)7(10)14-4-5/h3-4H,2H2,1H3. The minimum atomic E-state index is -4.89.